The van der Waals surface area contributed by atoms with Crippen LogP contribution in [0.25, 0.3) is 16.6 Å². The molecule has 38 heavy (non-hydrogen) atoms. The predicted octanol–water partition coefficient (Wildman–Crippen LogP) is 3.17. The summed E-state index contributed by atoms with van der Waals surface area (Å²) < 4.78 is 21.3. The minimum atomic E-state index is -1.11. The van der Waals surface area contributed by atoms with E-state index in [0.717, 1.165) is 17.2 Å². The van der Waals surface area contributed by atoms with Crippen molar-refractivity contribution in [1.29, 1.82) is 5.26 Å². The number of nitrogens with one attached hydrogen (secondary N) is 1. The van der Waals surface area contributed by atoms with Gasteiger partial charge in [0.15, 0.2) is 11.5 Å². The van der Waals surface area contributed by atoms with Crippen LogP contribution in [0.15, 0.2) is 55.1 Å². The molecule has 5 rings (SSSR count). The molecule has 0 aromatic carbocycles. The lowest BCUT2D eigenvalue weighted by Crippen LogP contribution is -2.56. The number of amides is 1. The van der Waals surface area contributed by atoms with Gasteiger partial charge in [-0.2, -0.15) is 10.4 Å². The van der Waals surface area contributed by atoms with Gasteiger partial charge in [-0.3, -0.25) is 4.79 Å². The van der Waals surface area contributed by atoms with Crippen molar-refractivity contribution in [2.75, 3.05) is 24.6 Å². The van der Waals surface area contributed by atoms with E-state index in [4.69, 9.17) is 4.74 Å². The zero-order chi connectivity index (χ0) is 26.7. The summed E-state index contributed by atoms with van der Waals surface area (Å²) in [4.78, 5) is 35.0. The number of hydrogen-bond acceptors (Lipinski definition) is 8. The number of rotatable bonds is 7. The zero-order valence-electron chi connectivity index (χ0n) is 20.6. The molecule has 5 heterocycles. The number of pyridine rings is 3. The van der Waals surface area contributed by atoms with E-state index in [1.165, 1.54) is 18.5 Å². The molecule has 4 aromatic heterocycles. The van der Waals surface area contributed by atoms with Crippen LogP contribution in [0, 0.1) is 17.1 Å². The molecule has 0 aliphatic carbocycles. The summed E-state index contributed by atoms with van der Waals surface area (Å²) in [5, 5.41) is 16.5. The molecule has 10 nitrogen and oxygen atoms in total. The van der Waals surface area contributed by atoms with Crippen LogP contribution in [-0.2, 0) is 4.79 Å². The first kappa shape index (κ1) is 24.8. The fraction of sp³-hybridized carbons (Fsp3) is 0.259. The van der Waals surface area contributed by atoms with Crippen molar-refractivity contribution >= 4 is 23.5 Å². The standard InChI is InChI=1S/C27H24FN7O3/c1-2-38-20-12-21(25-19(13-29)15-32-35(25)16-20)18-5-6-23(31-14-18)34-10-7-27(17-36,8-11-34)33-26(37)24-22(28)4-3-9-30-24/h3-6,9,12,14-17H,2,7-8,10-11H2,1H3,(H,33,37). The van der Waals surface area contributed by atoms with Crippen molar-refractivity contribution in [3.05, 3.63) is 72.2 Å². The lowest BCUT2D eigenvalue weighted by molar-refractivity contribution is -0.113. The first-order chi connectivity index (χ1) is 18.5. The minimum Gasteiger partial charge on any atom is -0.492 e. The molecule has 0 saturated carbocycles. The van der Waals surface area contributed by atoms with Crippen LogP contribution in [0.1, 0.15) is 35.8 Å². The van der Waals surface area contributed by atoms with Crippen molar-refractivity contribution < 1.29 is 18.7 Å². The molecule has 1 N–H and O–H groups in total. The molecule has 0 atom stereocenters. The fourth-order valence-electron chi connectivity index (χ4n) is 4.62. The Hall–Kier alpha value is -4.85. The van der Waals surface area contributed by atoms with Crippen LogP contribution in [0.2, 0.25) is 0 Å². The highest BCUT2D eigenvalue weighted by Crippen LogP contribution is 2.32. The first-order valence-electron chi connectivity index (χ1n) is 12.1. The molecule has 11 heteroatoms. The Bertz CT molecular complexity index is 1540. The van der Waals surface area contributed by atoms with Gasteiger partial charge in [-0.15, -0.1) is 0 Å². The quantitative estimate of drug-likeness (QED) is 0.374. The average molecular weight is 514 g/mol. The van der Waals surface area contributed by atoms with Gasteiger partial charge in [0.2, 0.25) is 0 Å². The fourth-order valence-corrected chi connectivity index (χ4v) is 4.62. The number of halogens is 1. The summed E-state index contributed by atoms with van der Waals surface area (Å²) in [6, 6.07) is 10.4. The maximum Gasteiger partial charge on any atom is 0.273 e. The Morgan fingerprint density at radius 2 is 2.08 bits per heavy atom. The highest BCUT2D eigenvalue weighted by Gasteiger charge is 2.37. The van der Waals surface area contributed by atoms with E-state index in [2.05, 4.69) is 26.5 Å². The van der Waals surface area contributed by atoms with E-state index in [-0.39, 0.29) is 5.69 Å². The molecule has 1 aliphatic rings. The summed E-state index contributed by atoms with van der Waals surface area (Å²) in [6.07, 6.45) is 7.69. The molecule has 1 fully saturated rings. The van der Waals surface area contributed by atoms with Gasteiger partial charge in [-0.05, 0) is 50.1 Å². The summed E-state index contributed by atoms with van der Waals surface area (Å²) in [5.74, 6) is -0.125. The third-order valence-electron chi connectivity index (χ3n) is 6.62. The van der Waals surface area contributed by atoms with Crippen molar-refractivity contribution in [3.8, 4) is 22.9 Å². The normalized spacial score (nSPS) is 14.6. The van der Waals surface area contributed by atoms with Gasteiger partial charge in [-0.1, -0.05) is 0 Å². The van der Waals surface area contributed by atoms with E-state index >= 15 is 0 Å². The molecule has 0 unspecified atom stereocenters. The third-order valence-corrected chi connectivity index (χ3v) is 6.62. The average Bonchev–Trinajstić information content (AvgIpc) is 3.37. The molecule has 192 valence electrons. The third kappa shape index (κ3) is 4.64. The molecular weight excluding hydrogens is 489 g/mol. The Morgan fingerprint density at radius 3 is 2.74 bits per heavy atom. The molecule has 1 amide bonds. The zero-order valence-corrected chi connectivity index (χ0v) is 20.6. The van der Waals surface area contributed by atoms with Crippen LogP contribution < -0.4 is 15.0 Å². The smallest absolute Gasteiger partial charge is 0.273 e. The van der Waals surface area contributed by atoms with Crippen molar-refractivity contribution in [2.24, 2.45) is 0 Å². The number of nitrogens with zero attached hydrogens (tertiary/aromatic N) is 6. The topological polar surface area (TPSA) is 126 Å². The maximum absolute atomic E-state index is 14.0. The van der Waals surface area contributed by atoms with Gasteiger partial charge in [-0.25, -0.2) is 18.9 Å². The summed E-state index contributed by atoms with van der Waals surface area (Å²) in [7, 11) is 0. The summed E-state index contributed by atoms with van der Waals surface area (Å²) in [5.41, 5.74) is 1.22. The Balaban J connectivity index is 1.34. The Labute approximate surface area is 217 Å². The number of aldehydes is 1. The van der Waals surface area contributed by atoms with Gasteiger partial charge in [0.25, 0.3) is 5.91 Å². The van der Waals surface area contributed by atoms with Crippen molar-refractivity contribution in [2.45, 2.75) is 25.3 Å². The number of fused-ring (bicyclic) bond motifs is 1. The summed E-state index contributed by atoms with van der Waals surface area (Å²) >= 11 is 0. The number of aromatic nitrogens is 4. The van der Waals surface area contributed by atoms with Crippen LogP contribution in [0.4, 0.5) is 10.2 Å². The van der Waals surface area contributed by atoms with Crippen LogP contribution >= 0.6 is 0 Å². The number of hydrogen-bond donors (Lipinski definition) is 1. The minimum absolute atomic E-state index is 0.332. The van der Waals surface area contributed by atoms with Crippen LogP contribution in [0.3, 0.4) is 0 Å². The molecular formula is C27H24FN7O3. The van der Waals surface area contributed by atoms with Gasteiger partial charge in [0.05, 0.1) is 35.6 Å². The number of ether oxygens (including phenoxy) is 1. The molecule has 4 aromatic rings. The van der Waals surface area contributed by atoms with Crippen LogP contribution in [-0.4, -0.2) is 57.0 Å². The molecule has 1 aliphatic heterocycles. The number of carbonyl (C=O) groups is 2. The Kier molecular flexibility index (Phi) is 6.70. The number of anilines is 1. The van der Waals surface area contributed by atoms with E-state index in [0.29, 0.717) is 61.5 Å². The van der Waals surface area contributed by atoms with E-state index in [9.17, 15) is 19.2 Å². The predicted molar refractivity (Wildman–Crippen MR) is 136 cm³/mol. The first-order valence-corrected chi connectivity index (χ1v) is 12.1. The van der Waals surface area contributed by atoms with E-state index in [1.54, 1.807) is 16.9 Å². The Morgan fingerprint density at radius 1 is 1.26 bits per heavy atom. The second-order valence-electron chi connectivity index (χ2n) is 8.94. The SMILES string of the molecule is CCOc1cc(-c2ccc(N3CCC(C=O)(NC(=O)c4ncccc4F)CC3)nc2)c2c(C#N)cnn2c1. The summed E-state index contributed by atoms with van der Waals surface area (Å²) in [6.45, 7) is 3.30. The van der Waals surface area contributed by atoms with Crippen molar-refractivity contribution in [3.63, 3.8) is 0 Å². The molecule has 0 bridgehead atoms. The molecule has 0 radical (unpaired) electrons. The highest BCUT2D eigenvalue weighted by molar-refractivity contribution is 5.95. The van der Waals surface area contributed by atoms with E-state index in [1.807, 2.05) is 30.0 Å². The maximum atomic E-state index is 14.0. The molecule has 0 spiro atoms. The second-order valence-corrected chi connectivity index (χ2v) is 8.94. The monoisotopic (exact) mass is 513 g/mol. The van der Waals surface area contributed by atoms with Gasteiger partial charge < -0.3 is 19.7 Å². The van der Waals surface area contributed by atoms with Crippen molar-refractivity contribution in [1.82, 2.24) is 24.9 Å². The number of carbonyl (C=O) groups excluding carboxylic acids is 2. The largest absolute Gasteiger partial charge is 0.492 e. The lowest BCUT2D eigenvalue weighted by Gasteiger charge is -2.39. The number of nitriles is 1. The van der Waals surface area contributed by atoms with Crippen LogP contribution in [0.5, 0.6) is 5.75 Å². The second kappa shape index (κ2) is 10.3. The number of piperidine rings is 1. The van der Waals surface area contributed by atoms with Gasteiger partial charge >= 0.3 is 0 Å². The van der Waals surface area contributed by atoms with Gasteiger partial charge in [0, 0.05) is 36.6 Å². The lowest BCUT2D eigenvalue weighted by atomic mass is 9.88. The van der Waals surface area contributed by atoms with E-state index < -0.39 is 17.3 Å². The van der Waals surface area contributed by atoms with Gasteiger partial charge in [0.1, 0.15) is 23.9 Å². The molecule has 1 saturated heterocycles. The highest BCUT2D eigenvalue weighted by atomic mass is 19.1.